The molecule has 104 valence electrons. The van der Waals surface area contributed by atoms with Crippen molar-refractivity contribution in [3.63, 3.8) is 0 Å². The quantitative estimate of drug-likeness (QED) is 0.867. The fourth-order valence-corrected chi connectivity index (χ4v) is 2.29. The lowest BCUT2D eigenvalue weighted by Crippen LogP contribution is -2.13. The number of hydrogen-bond donors (Lipinski definition) is 1. The number of aryl methyl sites for hydroxylation is 3. The summed E-state index contributed by atoms with van der Waals surface area (Å²) >= 11 is 0. The molecule has 0 radical (unpaired) electrons. The monoisotopic (exact) mass is 267 g/mol. The maximum atomic E-state index is 12.0. The molecule has 0 aliphatic heterocycles. The number of benzene rings is 2. The molecule has 0 saturated heterocycles. The average Bonchev–Trinajstić information content (AvgIpc) is 2.46. The minimum atomic E-state index is 0.0763. The molecule has 2 heteroatoms. The topological polar surface area (TPSA) is 29.1 Å². The summed E-state index contributed by atoms with van der Waals surface area (Å²) in [5, 5.41) is 3.01. The Morgan fingerprint density at radius 3 is 2.65 bits per heavy atom. The molecule has 0 spiro atoms. The van der Waals surface area contributed by atoms with Gasteiger partial charge in [-0.2, -0.15) is 0 Å². The standard InChI is InChI=1S/C18H21NO/c1-3-16-9-4-5-10-17(16)19-18(20)12-11-15-8-6-7-14(2)13-15/h4-10,13H,3,11-12H2,1-2H3,(H,19,20). The fraction of sp³-hybridized carbons (Fsp3) is 0.278. The minimum absolute atomic E-state index is 0.0763. The predicted molar refractivity (Wildman–Crippen MR) is 83.9 cm³/mol. The highest BCUT2D eigenvalue weighted by atomic mass is 16.1. The number of anilines is 1. The van der Waals surface area contributed by atoms with Crippen LogP contribution in [0.15, 0.2) is 48.5 Å². The summed E-state index contributed by atoms with van der Waals surface area (Å²) in [6.45, 7) is 4.17. The lowest BCUT2D eigenvalue weighted by atomic mass is 10.1. The summed E-state index contributed by atoms with van der Waals surface area (Å²) in [4.78, 5) is 12.0. The van der Waals surface area contributed by atoms with E-state index in [1.165, 1.54) is 16.7 Å². The molecular weight excluding hydrogens is 246 g/mol. The van der Waals surface area contributed by atoms with E-state index < -0.39 is 0 Å². The Kier molecular flexibility index (Phi) is 4.94. The van der Waals surface area contributed by atoms with Crippen LogP contribution in [0.2, 0.25) is 0 Å². The van der Waals surface area contributed by atoms with Crippen LogP contribution in [-0.2, 0) is 17.6 Å². The Balaban J connectivity index is 1.93. The molecule has 2 aromatic rings. The zero-order valence-corrected chi connectivity index (χ0v) is 12.1. The molecular formula is C18H21NO. The maximum absolute atomic E-state index is 12.0. The highest BCUT2D eigenvalue weighted by Crippen LogP contribution is 2.16. The van der Waals surface area contributed by atoms with Crippen molar-refractivity contribution in [2.45, 2.75) is 33.1 Å². The van der Waals surface area contributed by atoms with Crippen molar-refractivity contribution in [1.29, 1.82) is 0 Å². The first-order chi connectivity index (χ1) is 9.69. The second-order valence-corrected chi connectivity index (χ2v) is 5.05. The van der Waals surface area contributed by atoms with Crippen LogP contribution < -0.4 is 5.32 Å². The zero-order chi connectivity index (χ0) is 14.4. The van der Waals surface area contributed by atoms with Gasteiger partial charge in [0.2, 0.25) is 5.91 Å². The van der Waals surface area contributed by atoms with Crippen molar-refractivity contribution in [2.75, 3.05) is 5.32 Å². The number of carbonyl (C=O) groups excluding carboxylic acids is 1. The van der Waals surface area contributed by atoms with Crippen molar-refractivity contribution in [1.82, 2.24) is 0 Å². The molecule has 0 aliphatic carbocycles. The molecule has 0 saturated carbocycles. The van der Waals surface area contributed by atoms with Crippen LogP contribution in [0.5, 0.6) is 0 Å². The highest BCUT2D eigenvalue weighted by molar-refractivity contribution is 5.91. The molecule has 0 heterocycles. The van der Waals surface area contributed by atoms with E-state index in [-0.39, 0.29) is 5.91 Å². The van der Waals surface area contributed by atoms with Crippen molar-refractivity contribution < 1.29 is 4.79 Å². The number of para-hydroxylation sites is 1. The van der Waals surface area contributed by atoms with Gasteiger partial charge in [0.05, 0.1) is 0 Å². The Bertz CT molecular complexity index is 589. The summed E-state index contributed by atoms with van der Waals surface area (Å²) in [7, 11) is 0. The van der Waals surface area contributed by atoms with E-state index in [1.807, 2.05) is 24.3 Å². The molecule has 1 N–H and O–H groups in total. The molecule has 0 atom stereocenters. The molecule has 0 bridgehead atoms. The van der Waals surface area contributed by atoms with Gasteiger partial charge in [0.1, 0.15) is 0 Å². The molecule has 2 rings (SSSR count). The van der Waals surface area contributed by atoms with E-state index in [4.69, 9.17) is 0 Å². The summed E-state index contributed by atoms with van der Waals surface area (Å²) in [6, 6.07) is 16.3. The third kappa shape index (κ3) is 3.95. The maximum Gasteiger partial charge on any atom is 0.224 e. The van der Waals surface area contributed by atoms with E-state index >= 15 is 0 Å². The Hall–Kier alpha value is -2.09. The van der Waals surface area contributed by atoms with Gasteiger partial charge in [-0.15, -0.1) is 0 Å². The number of nitrogens with one attached hydrogen (secondary N) is 1. The summed E-state index contributed by atoms with van der Waals surface area (Å²) in [6.07, 6.45) is 2.22. The first-order valence-corrected chi connectivity index (χ1v) is 7.12. The van der Waals surface area contributed by atoms with Gasteiger partial charge in [0.25, 0.3) is 0 Å². The SMILES string of the molecule is CCc1ccccc1NC(=O)CCc1cccc(C)c1. The molecule has 0 unspecified atom stereocenters. The normalized spacial score (nSPS) is 10.3. The van der Waals surface area contributed by atoms with Gasteiger partial charge in [-0.25, -0.2) is 0 Å². The Morgan fingerprint density at radius 1 is 1.10 bits per heavy atom. The van der Waals surface area contributed by atoms with Gasteiger partial charge in [0.15, 0.2) is 0 Å². The average molecular weight is 267 g/mol. The van der Waals surface area contributed by atoms with E-state index in [9.17, 15) is 4.79 Å². The van der Waals surface area contributed by atoms with E-state index in [2.05, 4.69) is 43.4 Å². The third-order valence-corrected chi connectivity index (χ3v) is 3.40. The molecule has 2 nitrogen and oxygen atoms in total. The van der Waals surface area contributed by atoms with Crippen molar-refractivity contribution in [2.24, 2.45) is 0 Å². The lowest BCUT2D eigenvalue weighted by Gasteiger charge is -2.09. The first kappa shape index (κ1) is 14.3. The second-order valence-electron chi connectivity index (χ2n) is 5.05. The smallest absolute Gasteiger partial charge is 0.224 e. The minimum Gasteiger partial charge on any atom is -0.326 e. The van der Waals surface area contributed by atoms with Gasteiger partial charge < -0.3 is 5.32 Å². The van der Waals surface area contributed by atoms with Gasteiger partial charge in [0, 0.05) is 12.1 Å². The molecule has 0 aromatic heterocycles. The van der Waals surface area contributed by atoms with Crippen molar-refractivity contribution >= 4 is 11.6 Å². The molecule has 1 amide bonds. The predicted octanol–water partition coefficient (Wildman–Crippen LogP) is 4.13. The van der Waals surface area contributed by atoms with E-state index in [0.717, 1.165) is 18.5 Å². The van der Waals surface area contributed by atoms with E-state index in [0.29, 0.717) is 6.42 Å². The summed E-state index contributed by atoms with van der Waals surface area (Å²) in [5.74, 6) is 0.0763. The van der Waals surface area contributed by atoms with Crippen LogP contribution in [0, 0.1) is 6.92 Å². The van der Waals surface area contributed by atoms with Crippen molar-refractivity contribution in [3.05, 3.63) is 65.2 Å². The fourth-order valence-electron chi connectivity index (χ4n) is 2.29. The van der Waals surface area contributed by atoms with Gasteiger partial charge in [-0.05, 0) is 37.0 Å². The van der Waals surface area contributed by atoms with Gasteiger partial charge in [-0.1, -0.05) is 55.0 Å². The number of hydrogen-bond acceptors (Lipinski definition) is 1. The van der Waals surface area contributed by atoms with Gasteiger partial charge >= 0.3 is 0 Å². The molecule has 0 aliphatic rings. The van der Waals surface area contributed by atoms with Crippen LogP contribution in [-0.4, -0.2) is 5.91 Å². The Labute approximate surface area is 120 Å². The van der Waals surface area contributed by atoms with Crippen LogP contribution in [0.1, 0.15) is 30.0 Å². The zero-order valence-electron chi connectivity index (χ0n) is 12.1. The van der Waals surface area contributed by atoms with Crippen LogP contribution in [0.25, 0.3) is 0 Å². The highest BCUT2D eigenvalue weighted by Gasteiger charge is 2.06. The number of carbonyl (C=O) groups is 1. The van der Waals surface area contributed by atoms with Crippen molar-refractivity contribution in [3.8, 4) is 0 Å². The first-order valence-electron chi connectivity index (χ1n) is 7.12. The number of rotatable bonds is 5. The Morgan fingerprint density at radius 2 is 1.90 bits per heavy atom. The largest absolute Gasteiger partial charge is 0.326 e. The summed E-state index contributed by atoms with van der Waals surface area (Å²) < 4.78 is 0. The van der Waals surface area contributed by atoms with Crippen LogP contribution in [0.3, 0.4) is 0 Å². The number of amides is 1. The van der Waals surface area contributed by atoms with Crippen LogP contribution >= 0.6 is 0 Å². The lowest BCUT2D eigenvalue weighted by molar-refractivity contribution is -0.116. The van der Waals surface area contributed by atoms with Gasteiger partial charge in [-0.3, -0.25) is 4.79 Å². The molecule has 0 fully saturated rings. The second kappa shape index (κ2) is 6.90. The van der Waals surface area contributed by atoms with E-state index in [1.54, 1.807) is 0 Å². The van der Waals surface area contributed by atoms with Crippen LogP contribution in [0.4, 0.5) is 5.69 Å². The summed E-state index contributed by atoms with van der Waals surface area (Å²) in [5.41, 5.74) is 4.56. The molecule has 20 heavy (non-hydrogen) atoms. The molecule has 2 aromatic carbocycles. The third-order valence-electron chi connectivity index (χ3n) is 3.40.